The van der Waals surface area contributed by atoms with Crippen molar-refractivity contribution in [3.05, 3.63) is 89.5 Å². The van der Waals surface area contributed by atoms with E-state index in [2.05, 4.69) is 21.8 Å². The number of aromatic hydroxyl groups is 1. The molecule has 0 unspecified atom stereocenters. The predicted octanol–water partition coefficient (Wildman–Crippen LogP) is 3.96. The molecule has 1 fully saturated rings. The second-order valence-corrected chi connectivity index (χ2v) is 10.4. The number of benzene rings is 3. The van der Waals surface area contributed by atoms with E-state index in [4.69, 9.17) is 9.73 Å². The summed E-state index contributed by atoms with van der Waals surface area (Å²) < 4.78 is 4.69. The second kappa shape index (κ2) is 12.4. The van der Waals surface area contributed by atoms with E-state index in [0.717, 1.165) is 44.4 Å². The van der Waals surface area contributed by atoms with E-state index in [1.54, 1.807) is 18.0 Å². The Morgan fingerprint density at radius 2 is 1.64 bits per heavy atom. The summed E-state index contributed by atoms with van der Waals surface area (Å²) in [5, 5.41) is 11.6. The van der Waals surface area contributed by atoms with Gasteiger partial charge in [-0.05, 0) is 43.4 Å². The molecule has 0 atom stereocenters. The molecule has 3 aromatic carbocycles. The molecule has 0 saturated carbocycles. The highest BCUT2D eigenvalue weighted by molar-refractivity contribution is 6.22. The molecule has 10 nitrogen and oxygen atoms in total. The smallest absolute Gasteiger partial charge is 0.345 e. The minimum atomic E-state index is -0.774. The Morgan fingerprint density at radius 3 is 2.31 bits per heavy atom. The number of piperazine rings is 1. The van der Waals surface area contributed by atoms with Crippen LogP contribution in [-0.4, -0.2) is 90.3 Å². The number of carbonyl (C=O) groups excluding carboxylic acids is 3. The number of anilines is 1. The lowest BCUT2D eigenvalue weighted by Gasteiger charge is -2.32. The van der Waals surface area contributed by atoms with Gasteiger partial charge in [-0.2, -0.15) is 0 Å². The zero-order valence-electron chi connectivity index (χ0n) is 23.8. The highest BCUT2D eigenvalue weighted by Crippen LogP contribution is 2.32. The van der Waals surface area contributed by atoms with Gasteiger partial charge in [-0.3, -0.25) is 14.5 Å². The standard InChI is InChI=1S/C32H33N5O5/c1-21(38)42-32(41)23-9-14-26-27(19-23)34-31(40)29(26)30(22-7-5-4-6-8-22)33-24-10-12-25(13-11-24)36(3)28(39)20-37-17-15-35(2)16-18-37/h4-14,19,34,40H,15-18,20H2,1-3H3. The maximum absolute atomic E-state index is 12.9. The fourth-order valence-corrected chi connectivity index (χ4v) is 4.93. The van der Waals surface area contributed by atoms with Crippen molar-refractivity contribution >= 4 is 45.8 Å². The quantitative estimate of drug-likeness (QED) is 0.197. The molecule has 2 N–H and O–H groups in total. The molecule has 1 aromatic heterocycles. The maximum Gasteiger partial charge on any atom is 0.345 e. The van der Waals surface area contributed by atoms with E-state index in [0.29, 0.717) is 34.4 Å². The first-order valence-electron chi connectivity index (χ1n) is 13.7. The zero-order chi connectivity index (χ0) is 29.8. The van der Waals surface area contributed by atoms with Crippen LogP contribution in [0.3, 0.4) is 0 Å². The van der Waals surface area contributed by atoms with Crippen molar-refractivity contribution in [3.63, 3.8) is 0 Å². The van der Waals surface area contributed by atoms with E-state index in [-0.39, 0.29) is 17.4 Å². The number of carbonyl (C=O) groups is 3. The number of hydrogen-bond acceptors (Lipinski definition) is 8. The number of aliphatic imine (C=N–C) groups is 1. The average Bonchev–Trinajstić information content (AvgIpc) is 3.31. The summed E-state index contributed by atoms with van der Waals surface area (Å²) in [6, 6.07) is 21.6. The Balaban J connectivity index is 1.44. The molecule has 5 rings (SSSR count). The van der Waals surface area contributed by atoms with Crippen LogP contribution in [0.4, 0.5) is 11.4 Å². The fourth-order valence-electron chi connectivity index (χ4n) is 4.93. The summed E-state index contributed by atoms with van der Waals surface area (Å²) in [4.78, 5) is 50.3. The second-order valence-electron chi connectivity index (χ2n) is 10.4. The lowest BCUT2D eigenvalue weighted by atomic mass is 10.00. The highest BCUT2D eigenvalue weighted by atomic mass is 16.6. The third-order valence-electron chi connectivity index (χ3n) is 7.34. The van der Waals surface area contributed by atoms with Gasteiger partial charge in [0.05, 0.1) is 29.1 Å². The third-order valence-corrected chi connectivity index (χ3v) is 7.34. The maximum atomic E-state index is 12.9. The number of H-pyrrole nitrogens is 1. The first-order valence-corrected chi connectivity index (χ1v) is 13.7. The number of likely N-dealkylation sites (N-methyl/N-ethyl adjacent to an activating group) is 2. The summed E-state index contributed by atoms with van der Waals surface area (Å²) >= 11 is 0. The molecule has 1 aliphatic rings. The number of aromatic amines is 1. The van der Waals surface area contributed by atoms with Gasteiger partial charge in [-0.15, -0.1) is 0 Å². The predicted molar refractivity (Wildman–Crippen MR) is 162 cm³/mol. The van der Waals surface area contributed by atoms with Crippen LogP contribution in [0.1, 0.15) is 28.4 Å². The van der Waals surface area contributed by atoms with Crippen molar-refractivity contribution < 1.29 is 24.2 Å². The number of fused-ring (bicyclic) bond motifs is 1. The number of nitrogens with zero attached hydrogens (tertiary/aromatic N) is 4. The molecule has 42 heavy (non-hydrogen) atoms. The minimum Gasteiger partial charge on any atom is -0.494 e. The first-order chi connectivity index (χ1) is 20.2. The van der Waals surface area contributed by atoms with Crippen LogP contribution < -0.4 is 4.90 Å². The van der Waals surface area contributed by atoms with E-state index in [1.165, 1.54) is 12.1 Å². The Kier molecular flexibility index (Phi) is 8.46. The van der Waals surface area contributed by atoms with Gasteiger partial charge < -0.3 is 24.6 Å². The summed E-state index contributed by atoms with van der Waals surface area (Å²) in [7, 11) is 3.86. The van der Waals surface area contributed by atoms with Gasteiger partial charge in [-0.25, -0.2) is 9.79 Å². The van der Waals surface area contributed by atoms with E-state index in [1.807, 2.05) is 54.6 Å². The lowest BCUT2D eigenvalue weighted by Crippen LogP contribution is -2.48. The Labute approximate surface area is 243 Å². The lowest BCUT2D eigenvalue weighted by molar-refractivity contribution is -0.135. The summed E-state index contributed by atoms with van der Waals surface area (Å²) in [6.07, 6.45) is 0. The van der Waals surface area contributed by atoms with Crippen molar-refractivity contribution in [1.29, 1.82) is 0 Å². The van der Waals surface area contributed by atoms with E-state index >= 15 is 0 Å². The third kappa shape index (κ3) is 6.40. The van der Waals surface area contributed by atoms with Crippen LogP contribution in [0, 0.1) is 0 Å². The molecular formula is C32H33N5O5. The van der Waals surface area contributed by atoms with Crippen LogP contribution in [0.5, 0.6) is 5.88 Å². The summed E-state index contributed by atoms with van der Waals surface area (Å²) in [5.41, 5.74) is 3.81. The van der Waals surface area contributed by atoms with Crippen molar-refractivity contribution in [2.24, 2.45) is 4.99 Å². The Bertz CT molecular complexity index is 1640. The topological polar surface area (TPSA) is 119 Å². The van der Waals surface area contributed by atoms with Crippen molar-refractivity contribution in [2.45, 2.75) is 6.92 Å². The Morgan fingerprint density at radius 1 is 0.952 bits per heavy atom. The van der Waals surface area contributed by atoms with Gasteiger partial charge in [-0.1, -0.05) is 36.4 Å². The van der Waals surface area contributed by atoms with Crippen LogP contribution >= 0.6 is 0 Å². The number of rotatable bonds is 7. The Hall–Kier alpha value is -4.80. The molecule has 0 bridgehead atoms. The normalized spacial score (nSPS) is 14.6. The van der Waals surface area contributed by atoms with Gasteiger partial charge in [0.1, 0.15) is 0 Å². The van der Waals surface area contributed by atoms with Crippen LogP contribution in [0.2, 0.25) is 0 Å². The molecule has 1 aliphatic heterocycles. The average molecular weight is 568 g/mol. The van der Waals surface area contributed by atoms with E-state index in [9.17, 15) is 19.5 Å². The molecule has 4 aromatic rings. The molecule has 0 spiro atoms. The largest absolute Gasteiger partial charge is 0.494 e. The molecule has 1 saturated heterocycles. The number of nitrogens with one attached hydrogen (secondary N) is 1. The van der Waals surface area contributed by atoms with Gasteiger partial charge in [0.15, 0.2) is 5.88 Å². The first kappa shape index (κ1) is 28.7. The highest BCUT2D eigenvalue weighted by Gasteiger charge is 2.22. The van der Waals surface area contributed by atoms with Crippen molar-refractivity contribution in [3.8, 4) is 5.88 Å². The number of ether oxygens (including phenoxy) is 1. The van der Waals surface area contributed by atoms with Crippen molar-refractivity contribution in [2.75, 3.05) is 51.7 Å². The fraction of sp³-hybridized carbons (Fsp3) is 0.250. The number of amides is 1. The molecule has 0 radical (unpaired) electrons. The molecule has 1 amide bonds. The SMILES string of the molecule is CC(=O)OC(=O)c1ccc2c(C(=Nc3ccc(N(C)C(=O)CN4CCN(C)CC4)cc3)c3ccccc3)c(O)[nH]c2c1. The van der Waals surface area contributed by atoms with Gasteiger partial charge >= 0.3 is 11.9 Å². The van der Waals surface area contributed by atoms with Crippen LogP contribution in [0.15, 0.2) is 77.8 Å². The molecular weight excluding hydrogens is 534 g/mol. The molecule has 0 aliphatic carbocycles. The van der Waals surface area contributed by atoms with Crippen LogP contribution in [-0.2, 0) is 14.3 Å². The van der Waals surface area contributed by atoms with E-state index < -0.39 is 11.9 Å². The zero-order valence-corrected chi connectivity index (χ0v) is 23.8. The number of aromatic nitrogens is 1. The summed E-state index contributed by atoms with van der Waals surface area (Å²) in [6.45, 7) is 5.18. The minimum absolute atomic E-state index is 0.0241. The van der Waals surface area contributed by atoms with Crippen LogP contribution in [0.25, 0.3) is 10.9 Å². The monoisotopic (exact) mass is 567 g/mol. The molecule has 10 heteroatoms. The van der Waals surface area contributed by atoms with Gasteiger partial charge in [0.2, 0.25) is 5.91 Å². The molecule has 2 heterocycles. The number of hydrogen-bond donors (Lipinski definition) is 2. The number of esters is 2. The summed E-state index contributed by atoms with van der Waals surface area (Å²) in [5.74, 6) is -1.57. The van der Waals surface area contributed by atoms with Gasteiger partial charge in [0.25, 0.3) is 0 Å². The molecule has 216 valence electrons. The van der Waals surface area contributed by atoms with Crippen molar-refractivity contribution in [1.82, 2.24) is 14.8 Å². The van der Waals surface area contributed by atoms with Gasteiger partial charge in [0, 0.05) is 62.3 Å².